The fourth-order valence-electron chi connectivity index (χ4n) is 2.82. The summed E-state index contributed by atoms with van der Waals surface area (Å²) in [6.45, 7) is 3.31. The van der Waals surface area contributed by atoms with Crippen LogP contribution in [0.5, 0.6) is 0 Å². The number of hydrogen-bond acceptors (Lipinski definition) is 4. The van der Waals surface area contributed by atoms with Gasteiger partial charge in [0, 0.05) is 38.4 Å². The number of rotatable bonds is 5. The molecule has 1 unspecified atom stereocenters. The first kappa shape index (κ1) is 12.1. The Labute approximate surface area is 109 Å². The van der Waals surface area contributed by atoms with E-state index in [4.69, 9.17) is 0 Å². The number of aryl methyl sites for hydroxylation is 1. The molecule has 0 bridgehead atoms. The maximum atomic E-state index is 4.21. The molecule has 2 heterocycles. The predicted octanol–water partition coefficient (Wildman–Crippen LogP) is 0.922. The summed E-state index contributed by atoms with van der Waals surface area (Å²) in [4.78, 5) is 2.59. The third kappa shape index (κ3) is 3.09. The minimum absolute atomic E-state index is 0.677. The molecule has 1 aromatic rings. The van der Waals surface area contributed by atoms with E-state index in [9.17, 15) is 0 Å². The summed E-state index contributed by atoms with van der Waals surface area (Å²) in [6, 6.07) is 1.46. The van der Waals surface area contributed by atoms with E-state index in [0.717, 1.165) is 18.3 Å². The Morgan fingerprint density at radius 1 is 1.39 bits per heavy atom. The lowest BCUT2D eigenvalue weighted by molar-refractivity contribution is 0.206. The van der Waals surface area contributed by atoms with E-state index in [0.29, 0.717) is 6.04 Å². The molecule has 18 heavy (non-hydrogen) atoms. The molecule has 5 nitrogen and oxygen atoms in total. The second-order valence-corrected chi connectivity index (χ2v) is 5.69. The van der Waals surface area contributed by atoms with Gasteiger partial charge < -0.3 is 5.32 Å². The lowest BCUT2D eigenvalue weighted by Gasteiger charge is -2.30. The predicted molar refractivity (Wildman–Crippen MR) is 70.1 cm³/mol. The molecule has 0 radical (unpaired) electrons. The third-order valence-electron chi connectivity index (χ3n) is 3.95. The van der Waals surface area contributed by atoms with E-state index in [1.54, 1.807) is 4.68 Å². The number of nitrogens with zero attached hydrogens (tertiary/aromatic N) is 4. The van der Waals surface area contributed by atoms with Crippen molar-refractivity contribution in [2.45, 2.75) is 50.7 Å². The molecule has 0 spiro atoms. The van der Waals surface area contributed by atoms with Crippen LogP contribution in [0.15, 0.2) is 6.20 Å². The van der Waals surface area contributed by atoms with Gasteiger partial charge in [-0.25, -0.2) is 0 Å². The van der Waals surface area contributed by atoms with Gasteiger partial charge in [-0.15, -0.1) is 5.10 Å². The van der Waals surface area contributed by atoms with Crippen LogP contribution in [0.4, 0.5) is 0 Å². The van der Waals surface area contributed by atoms with Gasteiger partial charge in [0.1, 0.15) is 0 Å². The Morgan fingerprint density at radius 3 is 2.89 bits per heavy atom. The maximum Gasteiger partial charge on any atom is 0.0967 e. The lowest BCUT2D eigenvalue weighted by atomic mass is 10.0. The highest BCUT2D eigenvalue weighted by Crippen LogP contribution is 2.28. The van der Waals surface area contributed by atoms with Gasteiger partial charge in [0.2, 0.25) is 0 Å². The molecule has 2 aliphatic rings. The van der Waals surface area contributed by atoms with Crippen molar-refractivity contribution in [2.24, 2.45) is 7.05 Å². The summed E-state index contributed by atoms with van der Waals surface area (Å²) >= 11 is 0. The van der Waals surface area contributed by atoms with Crippen LogP contribution in [0, 0.1) is 0 Å². The van der Waals surface area contributed by atoms with Crippen LogP contribution in [0.3, 0.4) is 0 Å². The monoisotopic (exact) mass is 249 g/mol. The second kappa shape index (κ2) is 5.36. The van der Waals surface area contributed by atoms with Crippen LogP contribution in [-0.2, 0) is 13.6 Å². The van der Waals surface area contributed by atoms with Crippen LogP contribution in [-0.4, -0.2) is 45.1 Å². The number of piperidine rings is 1. The molecular weight excluding hydrogens is 226 g/mol. The molecule has 3 rings (SSSR count). The van der Waals surface area contributed by atoms with E-state index >= 15 is 0 Å². The quantitative estimate of drug-likeness (QED) is 0.843. The molecule has 1 saturated carbocycles. The minimum Gasteiger partial charge on any atom is -0.313 e. The zero-order chi connectivity index (χ0) is 12.4. The highest BCUT2D eigenvalue weighted by atomic mass is 15.4. The standard InChI is InChI=1S/C13H23N5/c1-17-8-12(15-16-17)10-18(13-5-6-13)9-11-4-2-3-7-14-11/h8,11,13-14H,2-7,9-10H2,1H3. The van der Waals surface area contributed by atoms with E-state index in [2.05, 4.69) is 20.5 Å². The van der Waals surface area contributed by atoms with Crippen LogP contribution < -0.4 is 5.32 Å². The molecule has 5 heteroatoms. The molecule has 1 aromatic heterocycles. The van der Waals surface area contributed by atoms with Crippen LogP contribution in [0.1, 0.15) is 37.8 Å². The van der Waals surface area contributed by atoms with Crippen molar-refractivity contribution in [3.63, 3.8) is 0 Å². The highest BCUT2D eigenvalue weighted by Gasteiger charge is 2.31. The summed E-state index contributed by atoms with van der Waals surface area (Å²) in [6.07, 6.45) is 8.78. The van der Waals surface area contributed by atoms with Crippen molar-refractivity contribution in [3.05, 3.63) is 11.9 Å². The van der Waals surface area contributed by atoms with Gasteiger partial charge in [-0.1, -0.05) is 11.6 Å². The normalized spacial score (nSPS) is 24.7. The van der Waals surface area contributed by atoms with Crippen molar-refractivity contribution in [3.8, 4) is 0 Å². The van der Waals surface area contributed by atoms with E-state index in [1.807, 2.05) is 13.2 Å². The first-order valence-corrected chi connectivity index (χ1v) is 7.14. The molecule has 2 fully saturated rings. The molecular formula is C13H23N5. The molecule has 1 atom stereocenters. The van der Waals surface area contributed by atoms with Crippen molar-refractivity contribution in [1.29, 1.82) is 0 Å². The molecule has 1 N–H and O–H groups in total. The largest absolute Gasteiger partial charge is 0.313 e. The highest BCUT2D eigenvalue weighted by molar-refractivity contribution is 4.96. The Kier molecular flexibility index (Phi) is 3.61. The van der Waals surface area contributed by atoms with Crippen LogP contribution in [0.25, 0.3) is 0 Å². The topological polar surface area (TPSA) is 46.0 Å². The average molecular weight is 249 g/mol. The molecule has 1 aliphatic carbocycles. The van der Waals surface area contributed by atoms with Gasteiger partial charge >= 0.3 is 0 Å². The molecule has 0 aromatic carbocycles. The molecule has 100 valence electrons. The second-order valence-electron chi connectivity index (χ2n) is 5.69. The Bertz CT molecular complexity index is 378. The van der Waals surface area contributed by atoms with E-state index < -0.39 is 0 Å². The van der Waals surface area contributed by atoms with Gasteiger partial charge in [0.25, 0.3) is 0 Å². The number of aromatic nitrogens is 3. The zero-order valence-corrected chi connectivity index (χ0v) is 11.2. The van der Waals surface area contributed by atoms with Crippen molar-refractivity contribution in [1.82, 2.24) is 25.2 Å². The van der Waals surface area contributed by atoms with Gasteiger partial charge in [0.05, 0.1) is 5.69 Å². The summed E-state index contributed by atoms with van der Waals surface area (Å²) in [7, 11) is 1.93. The molecule has 1 saturated heterocycles. The van der Waals surface area contributed by atoms with Gasteiger partial charge in [-0.2, -0.15) is 0 Å². The minimum atomic E-state index is 0.677. The summed E-state index contributed by atoms with van der Waals surface area (Å²) in [5.41, 5.74) is 1.10. The van der Waals surface area contributed by atoms with Gasteiger partial charge in [-0.05, 0) is 32.2 Å². The van der Waals surface area contributed by atoms with Gasteiger partial charge in [0.15, 0.2) is 0 Å². The Morgan fingerprint density at radius 2 is 2.28 bits per heavy atom. The molecule has 0 amide bonds. The SMILES string of the molecule is Cn1cc(CN(CC2CCCCN2)C2CC2)nn1. The maximum absolute atomic E-state index is 4.21. The fraction of sp³-hybridized carbons (Fsp3) is 0.846. The first-order chi connectivity index (χ1) is 8.81. The Hall–Kier alpha value is -0.940. The van der Waals surface area contributed by atoms with Crippen molar-refractivity contribution >= 4 is 0 Å². The van der Waals surface area contributed by atoms with Crippen molar-refractivity contribution in [2.75, 3.05) is 13.1 Å². The molecule has 1 aliphatic heterocycles. The Balaban J connectivity index is 1.57. The zero-order valence-electron chi connectivity index (χ0n) is 11.2. The fourth-order valence-corrected chi connectivity index (χ4v) is 2.82. The van der Waals surface area contributed by atoms with E-state index in [-0.39, 0.29) is 0 Å². The van der Waals surface area contributed by atoms with Crippen LogP contribution >= 0.6 is 0 Å². The van der Waals surface area contributed by atoms with Crippen LogP contribution in [0.2, 0.25) is 0 Å². The summed E-state index contributed by atoms with van der Waals surface area (Å²) in [5, 5.41) is 11.9. The van der Waals surface area contributed by atoms with Gasteiger partial charge in [-0.3, -0.25) is 9.58 Å². The number of nitrogens with one attached hydrogen (secondary N) is 1. The first-order valence-electron chi connectivity index (χ1n) is 7.14. The average Bonchev–Trinajstić information content (AvgIpc) is 3.15. The summed E-state index contributed by atoms with van der Waals surface area (Å²) < 4.78 is 1.79. The smallest absolute Gasteiger partial charge is 0.0967 e. The van der Waals surface area contributed by atoms with Crippen molar-refractivity contribution < 1.29 is 0 Å². The van der Waals surface area contributed by atoms with E-state index in [1.165, 1.54) is 45.2 Å². The third-order valence-corrected chi connectivity index (χ3v) is 3.95. The lowest BCUT2D eigenvalue weighted by Crippen LogP contribution is -2.44. The number of hydrogen-bond donors (Lipinski definition) is 1. The summed E-state index contributed by atoms with van der Waals surface area (Å²) in [5.74, 6) is 0.